The van der Waals surface area contributed by atoms with Crippen molar-refractivity contribution in [2.24, 2.45) is 0 Å². The molecule has 1 aliphatic heterocycles. The van der Waals surface area contributed by atoms with Crippen molar-refractivity contribution in [2.45, 2.75) is 52.2 Å². The molecule has 2 rings (SSSR count). The van der Waals surface area contributed by atoms with Gasteiger partial charge in [-0.1, -0.05) is 18.2 Å². The van der Waals surface area contributed by atoms with Gasteiger partial charge in [0.25, 0.3) is 0 Å². The van der Waals surface area contributed by atoms with Crippen LogP contribution in [0.4, 0.5) is 0 Å². The molecule has 138 valence electrons. The first-order valence-electron chi connectivity index (χ1n) is 8.46. The number of para-hydroxylation sites is 1. The Morgan fingerprint density at radius 1 is 1.16 bits per heavy atom. The second kappa shape index (κ2) is 7.76. The van der Waals surface area contributed by atoms with E-state index in [0.717, 1.165) is 5.46 Å². The van der Waals surface area contributed by atoms with Crippen LogP contribution in [0, 0.1) is 0 Å². The van der Waals surface area contributed by atoms with Gasteiger partial charge in [-0.15, -0.1) is 0 Å². The number of hydrogen-bond donors (Lipinski definition) is 0. The predicted octanol–water partition coefficient (Wildman–Crippen LogP) is 2.07. The van der Waals surface area contributed by atoms with E-state index >= 15 is 0 Å². The summed E-state index contributed by atoms with van der Waals surface area (Å²) in [5.41, 5.74) is 0.515. The molecule has 1 aliphatic rings. The minimum absolute atomic E-state index is 0.0618. The second-order valence-corrected chi connectivity index (χ2v) is 6.96. The Morgan fingerprint density at radius 2 is 1.80 bits per heavy atom. The molecule has 1 saturated heterocycles. The zero-order valence-electron chi connectivity index (χ0n) is 15.9. The van der Waals surface area contributed by atoms with Crippen LogP contribution in [0.3, 0.4) is 0 Å². The number of benzene rings is 1. The molecule has 0 radical (unpaired) electrons. The van der Waals surface area contributed by atoms with Gasteiger partial charge in [0, 0.05) is 18.1 Å². The number of carbonyl (C=O) groups is 1. The Bertz CT molecular complexity index is 598. The molecule has 7 heteroatoms. The number of rotatable bonds is 7. The number of ether oxygens (including phenoxy) is 3. The van der Waals surface area contributed by atoms with E-state index in [-0.39, 0.29) is 19.2 Å². The fourth-order valence-electron chi connectivity index (χ4n) is 2.56. The smallest absolute Gasteiger partial charge is 0.468 e. The van der Waals surface area contributed by atoms with Crippen LogP contribution in [0.15, 0.2) is 18.2 Å². The first-order chi connectivity index (χ1) is 11.7. The summed E-state index contributed by atoms with van der Waals surface area (Å²) >= 11 is 0. The topological polar surface area (TPSA) is 63.2 Å². The first-order valence-corrected chi connectivity index (χ1v) is 8.46. The third-order valence-corrected chi connectivity index (χ3v) is 4.60. The van der Waals surface area contributed by atoms with Gasteiger partial charge in [-0.25, -0.2) is 0 Å². The molecule has 0 amide bonds. The molecule has 0 bridgehead atoms. The van der Waals surface area contributed by atoms with Crippen molar-refractivity contribution in [2.75, 3.05) is 20.5 Å². The molecule has 25 heavy (non-hydrogen) atoms. The lowest BCUT2D eigenvalue weighted by Crippen LogP contribution is -2.41. The maximum atomic E-state index is 11.9. The van der Waals surface area contributed by atoms with E-state index in [0.29, 0.717) is 17.9 Å². The maximum absolute atomic E-state index is 11.9. The quantitative estimate of drug-likeness (QED) is 0.426. The molecule has 0 N–H and O–H groups in total. The minimum atomic E-state index is -0.584. The van der Waals surface area contributed by atoms with Gasteiger partial charge in [0.05, 0.1) is 24.2 Å². The standard InChI is InChI=1S/C18H27BO6/c1-7-22-15(20)11-13-9-8-10-14(16(13)23-12-21-6)19-24-17(2,3)18(4,5)25-19/h8-10H,7,11-12H2,1-6H3. The van der Waals surface area contributed by atoms with Gasteiger partial charge in [-0.3, -0.25) is 4.79 Å². The minimum Gasteiger partial charge on any atom is -0.468 e. The molecule has 0 aliphatic carbocycles. The fraction of sp³-hybridized carbons (Fsp3) is 0.611. The highest BCUT2D eigenvalue weighted by atomic mass is 16.7. The fourth-order valence-corrected chi connectivity index (χ4v) is 2.56. The molecule has 6 nitrogen and oxygen atoms in total. The molecule has 0 atom stereocenters. The van der Waals surface area contributed by atoms with Crippen LogP contribution in [0.2, 0.25) is 0 Å². The van der Waals surface area contributed by atoms with E-state index < -0.39 is 18.3 Å². The van der Waals surface area contributed by atoms with Crippen molar-refractivity contribution in [1.29, 1.82) is 0 Å². The van der Waals surface area contributed by atoms with Gasteiger partial charge >= 0.3 is 13.1 Å². The summed E-state index contributed by atoms with van der Waals surface area (Å²) in [5.74, 6) is 0.228. The molecular weight excluding hydrogens is 323 g/mol. The van der Waals surface area contributed by atoms with Crippen molar-refractivity contribution in [3.63, 3.8) is 0 Å². The largest absolute Gasteiger partial charge is 0.498 e. The predicted molar refractivity (Wildman–Crippen MR) is 95.0 cm³/mol. The summed E-state index contributed by atoms with van der Waals surface area (Å²) in [5, 5.41) is 0. The van der Waals surface area contributed by atoms with Crippen molar-refractivity contribution in [1.82, 2.24) is 0 Å². The Morgan fingerprint density at radius 3 is 2.36 bits per heavy atom. The molecule has 1 aromatic carbocycles. The van der Waals surface area contributed by atoms with Gasteiger partial charge in [-0.05, 0) is 34.6 Å². The number of esters is 1. The van der Waals surface area contributed by atoms with Crippen LogP contribution < -0.4 is 10.2 Å². The first kappa shape index (κ1) is 19.8. The summed E-state index contributed by atoms with van der Waals surface area (Å²) in [6.07, 6.45) is 0.111. The summed E-state index contributed by atoms with van der Waals surface area (Å²) in [6.45, 7) is 10.1. The third kappa shape index (κ3) is 4.34. The summed E-state index contributed by atoms with van der Waals surface area (Å²) in [6, 6.07) is 5.56. The van der Waals surface area contributed by atoms with E-state index in [1.165, 1.54) is 0 Å². The number of hydrogen-bond acceptors (Lipinski definition) is 6. The van der Waals surface area contributed by atoms with E-state index in [1.807, 2.05) is 45.9 Å². The Balaban J connectivity index is 2.35. The molecule has 1 heterocycles. The molecule has 0 saturated carbocycles. The zero-order chi connectivity index (χ0) is 18.7. The molecule has 0 spiro atoms. The molecule has 0 unspecified atom stereocenters. The van der Waals surface area contributed by atoms with Crippen LogP contribution in [0.5, 0.6) is 5.75 Å². The molecule has 0 aromatic heterocycles. The normalized spacial score (nSPS) is 18.2. The zero-order valence-corrected chi connectivity index (χ0v) is 15.9. The Kier molecular flexibility index (Phi) is 6.14. The number of carbonyl (C=O) groups excluding carboxylic acids is 1. The van der Waals surface area contributed by atoms with Gasteiger partial charge in [-0.2, -0.15) is 0 Å². The maximum Gasteiger partial charge on any atom is 0.498 e. The molecule has 1 aromatic rings. The Hall–Kier alpha value is -1.57. The highest BCUT2D eigenvalue weighted by Crippen LogP contribution is 2.37. The summed E-state index contributed by atoms with van der Waals surface area (Å²) in [4.78, 5) is 11.9. The highest BCUT2D eigenvalue weighted by Gasteiger charge is 2.52. The van der Waals surface area contributed by atoms with Gasteiger partial charge < -0.3 is 23.5 Å². The highest BCUT2D eigenvalue weighted by molar-refractivity contribution is 6.63. The van der Waals surface area contributed by atoms with Crippen molar-refractivity contribution < 1.29 is 28.3 Å². The van der Waals surface area contributed by atoms with Crippen LogP contribution in [-0.4, -0.2) is 44.8 Å². The van der Waals surface area contributed by atoms with Gasteiger partial charge in [0.1, 0.15) is 5.75 Å². The van der Waals surface area contributed by atoms with E-state index in [4.69, 9.17) is 23.5 Å². The Labute approximate surface area is 149 Å². The van der Waals surface area contributed by atoms with Crippen LogP contribution in [-0.2, 0) is 30.0 Å². The van der Waals surface area contributed by atoms with E-state index in [9.17, 15) is 4.79 Å². The van der Waals surface area contributed by atoms with Crippen molar-refractivity contribution in [3.8, 4) is 5.75 Å². The monoisotopic (exact) mass is 350 g/mol. The van der Waals surface area contributed by atoms with Gasteiger partial charge in [0.15, 0.2) is 6.79 Å². The number of methoxy groups -OCH3 is 1. The molecule has 1 fully saturated rings. The van der Waals surface area contributed by atoms with Crippen molar-refractivity contribution in [3.05, 3.63) is 23.8 Å². The lowest BCUT2D eigenvalue weighted by Gasteiger charge is -2.32. The second-order valence-electron chi connectivity index (χ2n) is 6.96. The molecular formula is C18H27BO6. The third-order valence-electron chi connectivity index (χ3n) is 4.60. The van der Waals surface area contributed by atoms with Gasteiger partial charge in [0.2, 0.25) is 0 Å². The van der Waals surface area contributed by atoms with E-state index in [2.05, 4.69) is 0 Å². The summed E-state index contributed by atoms with van der Waals surface area (Å²) < 4.78 is 28.1. The van der Waals surface area contributed by atoms with Crippen LogP contribution >= 0.6 is 0 Å². The van der Waals surface area contributed by atoms with Crippen LogP contribution in [0.1, 0.15) is 40.2 Å². The average molecular weight is 350 g/mol. The SMILES string of the molecule is CCOC(=O)Cc1cccc(B2OC(C)(C)C(C)(C)O2)c1OCOC. The lowest BCUT2D eigenvalue weighted by atomic mass is 9.77. The van der Waals surface area contributed by atoms with Crippen LogP contribution in [0.25, 0.3) is 0 Å². The van der Waals surface area contributed by atoms with E-state index in [1.54, 1.807) is 14.0 Å². The average Bonchev–Trinajstić information content (AvgIpc) is 2.74. The van der Waals surface area contributed by atoms with Crippen molar-refractivity contribution >= 4 is 18.6 Å². The lowest BCUT2D eigenvalue weighted by molar-refractivity contribution is -0.142. The summed E-state index contributed by atoms with van der Waals surface area (Å²) in [7, 11) is 0.960.